The van der Waals surface area contributed by atoms with Gasteiger partial charge >= 0.3 is 0 Å². The number of ether oxygens (including phenoxy) is 1. The van der Waals surface area contributed by atoms with Crippen molar-refractivity contribution in [2.75, 3.05) is 12.4 Å². The molecule has 1 amide bonds. The third-order valence-electron chi connectivity index (χ3n) is 3.40. The van der Waals surface area contributed by atoms with Gasteiger partial charge in [0.1, 0.15) is 5.75 Å². The Morgan fingerprint density at radius 1 is 1.15 bits per heavy atom. The molecule has 0 saturated heterocycles. The fraction of sp³-hybridized carbons (Fsp3) is 0.133. The van der Waals surface area contributed by atoms with Crippen molar-refractivity contribution in [3.8, 4) is 5.75 Å². The number of alkyl halides is 1. The van der Waals surface area contributed by atoms with Crippen LogP contribution in [0.25, 0.3) is 0 Å². The van der Waals surface area contributed by atoms with E-state index in [0.717, 1.165) is 0 Å². The van der Waals surface area contributed by atoms with E-state index in [0.29, 0.717) is 27.6 Å². The van der Waals surface area contributed by atoms with Gasteiger partial charge in [-0.05, 0) is 24.3 Å². The lowest BCUT2D eigenvalue weighted by Crippen LogP contribution is -2.29. The SMILES string of the molecule is COc1ccc2c(c1)C(Cl)(c1ccccc1Cl)C(=O)N2. The van der Waals surface area contributed by atoms with Gasteiger partial charge < -0.3 is 10.1 Å². The number of carbonyl (C=O) groups is 1. The molecule has 1 aliphatic rings. The van der Waals surface area contributed by atoms with Crippen molar-refractivity contribution in [2.45, 2.75) is 4.87 Å². The average molecular weight is 308 g/mol. The van der Waals surface area contributed by atoms with Crippen LogP contribution in [0.15, 0.2) is 42.5 Å². The summed E-state index contributed by atoms with van der Waals surface area (Å²) in [4.78, 5) is 11.0. The standard InChI is InChI=1S/C15H11Cl2NO2/c1-20-9-6-7-13-11(8-9)15(17,14(19)18-13)10-4-2-3-5-12(10)16/h2-8H,1H3,(H,18,19). The molecule has 0 radical (unpaired) electrons. The summed E-state index contributed by atoms with van der Waals surface area (Å²) < 4.78 is 5.20. The zero-order chi connectivity index (χ0) is 14.3. The average Bonchev–Trinajstić information content (AvgIpc) is 2.71. The van der Waals surface area contributed by atoms with Gasteiger partial charge in [0.25, 0.3) is 5.91 Å². The summed E-state index contributed by atoms with van der Waals surface area (Å²) in [6, 6.07) is 12.4. The van der Waals surface area contributed by atoms with Gasteiger partial charge in [0, 0.05) is 21.8 Å². The molecule has 0 aromatic heterocycles. The van der Waals surface area contributed by atoms with Crippen LogP contribution in [0.2, 0.25) is 5.02 Å². The number of hydrogen-bond donors (Lipinski definition) is 1. The molecule has 1 aliphatic heterocycles. The van der Waals surface area contributed by atoms with Gasteiger partial charge in [0.05, 0.1) is 7.11 Å². The van der Waals surface area contributed by atoms with E-state index in [-0.39, 0.29) is 5.91 Å². The second-order valence-electron chi connectivity index (χ2n) is 4.50. The number of carbonyl (C=O) groups excluding carboxylic acids is 1. The Hall–Kier alpha value is -1.71. The molecule has 20 heavy (non-hydrogen) atoms. The molecular weight excluding hydrogens is 297 g/mol. The van der Waals surface area contributed by atoms with Crippen molar-refractivity contribution in [2.24, 2.45) is 0 Å². The molecule has 1 atom stereocenters. The Bertz CT molecular complexity index is 702. The molecule has 3 rings (SSSR count). The van der Waals surface area contributed by atoms with E-state index < -0.39 is 4.87 Å². The first-order valence-electron chi connectivity index (χ1n) is 6.01. The van der Waals surface area contributed by atoms with E-state index in [4.69, 9.17) is 27.9 Å². The van der Waals surface area contributed by atoms with Crippen LogP contribution in [-0.4, -0.2) is 13.0 Å². The molecule has 0 aliphatic carbocycles. The highest BCUT2D eigenvalue weighted by Gasteiger charge is 2.48. The number of hydrogen-bond acceptors (Lipinski definition) is 2. The monoisotopic (exact) mass is 307 g/mol. The molecule has 3 nitrogen and oxygen atoms in total. The smallest absolute Gasteiger partial charge is 0.254 e. The number of nitrogens with one attached hydrogen (secondary N) is 1. The lowest BCUT2D eigenvalue weighted by Gasteiger charge is -2.21. The highest BCUT2D eigenvalue weighted by molar-refractivity contribution is 6.43. The van der Waals surface area contributed by atoms with Crippen LogP contribution in [-0.2, 0) is 9.67 Å². The molecular formula is C15H11Cl2NO2. The normalized spacial score (nSPS) is 20.4. The highest BCUT2D eigenvalue weighted by Crippen LogP contribution is 2.48. The number of amides is 1. The minimum atomic E-state index is -1.33. The number of rotatable bonds is 2. The van der Waals surface area contributed by atoms with E-state index in [1.807, 2.05) is 0 Å². The highest BCUT2D eigenvalue weighted by atomic mass is 35.5. The number of halogens is 2. The Balaban J connectivity index is 2.25. The fourth-order valence-electron chi connectivity index (χ4n) is 2.38. The minimum absolute atomic E-state index is 0.310. The third kappa shape index (κ3) is 1.78. The van der Waals surface area contributed by atoms with E-state index in [1.54, 1.807) is 49.6 Å². The molecule has 5 heteroatoms. The molecule has 0 spiro atoms. The van der Waals surface area contributed by atoms with Crippen molar-refractivity contribution in [1.82, 2.24) is 0 Å². The van der Waals surface area contributed by atoms with Crippen molar-refractivity contribution in [3.63, 3.8) is 0 Å². The van der Waals surface area contributed by atoms with Crippen molar-refractivity contribution >= 4 is 34.8 Å². The van der Waals surface area contributed by atoms with E-state index in [2.05, 4.69) is 5.32 Å². The molecule has 1 heterocycles. The van der Waals surface area contributed by atoms with Gasteiger partial charge in [-0.1, -0.05) is 41.4 Å². The van der Waals surface area contributed by atoms with Crippen LogP contribution in [0, 0.1) is 0 Å². The van der Waals surface area contributed by atoms with Gasteiger partial charge in [-0.25, -0.2) is 0 Å². The zero-order valence-corrected chi connectivity index (χ0v) is 12.1. The zero-order valence-electron chi connectivity index (χ0n) is 10.6. The van der Waals surface area contributed by atoms with Gasteiger partial charge in [0.15, 0.2) is 4.87 Å². The van der Waals surface area contributed by atoms with Crippen LogP contribution < -0.4 is 10.1 Å². The molecule has 0 saturated carbocycles. The Labute approximate surface area is 126 Å². The van der Waals surface area contributed by atoms with Crippen LogP contribution in [0.5, 0.6) is 5.75 Å². The molecule has 2 aromatic rings. The van der Waals surface area contributed by atoms with Gasteiger partial charge in [-0.15, -0.1) is 0 Å². The fourth-order valence-corrected chi connectivity index (χ4v) is 3.08. The quantitative estimate of drug-likeness (QED) is 0.857. The molecule has 2 aromatic carbocycles. The summed E-state index contributed by atoms with van der Waals surface area (Å²) in [5, 5.41) is 3.23. The summed E-state index contributed by atoms with van der Waals surface area (Å²) in [5.74, 6) is 0.327. The Morgan fingerprint density at radius 3 is 2.60 bits per heavy atom. The summed E-state index contributed by atoms with van der Waals surface area (Å²) in [6.07, 6.45) is 0. The van der Waals surface area contributed by atoms with Gasteiger partial charge in [0.2, 0.25) is 0 Å². The molecule has 1 N–H and O–H groups in total. The maximum atomic E-state index is 12.4. The predicted octanol–water partition coefficient (Wildman–Crippen LogP) is 3.78. The van der Waals surface area contributed by atoms with Gasteiger partial charge in [-0.2, -0.15) is 0 Å². The number of methoxy groups -OCH3 is 1. The maximum Gasteiger partial charge on any atom is 0.254 e. The lowest BCUT2D eigenvalue weighted by molar-refractivity contribution is -0.117. The molecule has 0 fully saturated rings. The first kappa shape index (κ1) is 13.3. The molecule has 102 valence electrons. The number of fused-ring (bicyclic) bond motifs is 1. The van der Waals surface area contributed by atoms with Crippen molar-refractivity contribution in [1.29, 1.82) is 0 Å². The van der Waals surface area contributed by atoms with Crippen LogP contribution >= 0.6 is 23.2 Å². The van der Waals surface area contributed by atoms with Gasteiger partial charge in [-0.3, -0.25) is 4.79 Å². The van der Waals surface area contributed by atoms with E-state index in [9.17, 15) is 4.79 Å². The maximum absolute atomic E-state index is 12.4. The second kappa shape index (κ2) is 4.69. The topological polar surface area (TPSA) is 38.3 Å². The van der Waals surface area contributed by atoms with E-state index >= 15 is 0 Å². The second-order valence-corrected chi connectivity index (χ2v) is 5.48. The molecule has 0 bridgehead atoms. The first-order valence-corrected chi connectivity index (χ1v) is 6.77. The summed E-state index contributed by atoms with van der Waals surface area (Å²) in [7, 11) is 1.57. The van der Waals surface area contributed by atoms with Crippen LogP contribution in [0.3, 0.4) is 0 Å². The Kier molecular flexibility index (Phi) is 3.11. The summed E-state index contributed by atoms with van der Waals surface area (Å²) in [5.41, 5.74) is 1.88. The summed E-state index contributed by atoms with van der Waals surface area (Å²) >= 11 is 12.9. The largest absolute Gasteiger partial charge is 0.497 e. The lowest BCUT2D eigenvalue weighted by atomic mass is 9.91. The van der Waals surface area contributed by atoms with E-state index in [1.165, 1.54) is 0 Å². The Morgan fingerprint density at radius 2 is 1.90 bits per heavy atom. The predicted molar refractivity (Wildman–Crippen MR) is 79.7 cm³/mol. The molecule has 1 unspecified atom stereocenters. The number of benzene rings is 2. The van der Waals surface area contributed by atoms with Crippen LogP contribution in [0.4, 0.5) is 5.69 Å². The minimum Gasteiger partial charge on any atom is -0.497 e. The van der Waals surface area contributed by atoms with Crippen LogP contribution in [0.1, 0.15) is 11.1 Å². The first-order chi connectivity index (χ1) is 9.57. The summed E-state index contributed by atoms with van der Waals surface area (Å²) in [6.45, 7) is 0. The van der Waals surface area contributed by atoms with Crippen molar-refractivity contribution < 1.29 is 9.53 Å². The number of anilines is 1. The van der Waals surface area contributed by atoms with Crippen molar-refractivity contribution in [3.05, 3.63) is 58.6 Å². The third-order valence-corrected chi connectivity index (χ3v) is 4.31.